The van der Waals surface area contributed by atoms with Crippen molar-refractivity contribution in [3.05, 3.63) is 65.3 Å². The van der Waals surface area contributed by atoms with Gasteiger partial charge >= 0.3 is 0 Å². The van der Waals surface area contributed by atoms with Gasteiger partial charge in [0.15, 0.2) is 6.61 Å². The average Bonchev–Trinajstić information content (AvgIpc) is 3.22. The Balaban J connectivity index is 1.52. The van der Waals surface area contributed by atoms with Crippen LogP contribution in [0.3, 0.4) is 0 Å². The molecule has 154 valence electrons. The first kappa shape index (κ1) is 21.1. The van der Waals surface area contributed by atoms with Gasteiger partial charge < -0.3 is 10.1 Å². The van der Waals surface area contributed by atoms with Crippen molar-refractivity contribution in [2.75, 3.05) is 17.7 Å². The number of carbonyl (C=O) groups excluding carboxylic acids is 1. The van der Waals surface area contributed by atoms with Crippen LogP contribution in [0.4, 0.5) is 5.69 Å². The van der Waals surface area contributed by atoms with Gasteiger partial charge in [0.05, 0.1) is 22.9 Å². The SMILES string of the molecule is N#CCSc1ccccc1NC(=O)COc1ncnc2scc(-c3ccc(Cl)cc3)c12. The van der Waals surface area contributed by atoms with Gasteiger partial charge in [0.25, 0.3) is 5.91 Å². The minimum Gasteiger partial charge on any atom is -0.467 e. The third-order valence-electron chi connectivity index (χ3n) is 4.28. The molecular formula is C22H15ClN4O2S2. The number of hydrogen-bond donors (Lipinski definition) is 1. The van der Waals surface area contributed by atoms with Gasteiger partial charge in [0.1, 0.15) is 11.2 Å². The molecule has 2 aromatic carbocycles. The molecular weight excluding hydrogens is 452 g/mol. The first-order valence-electron chi connectivity index (χ1n) is 9.15. The van der Waals surface area contributed by atoms with Gasteiger partial charge in [-0.3, -0.25) is 4.79 Å². The normalized spacial score (nSPS) is 10.6. The molecule has 1 amide bonds. The molecule has 2 heterocycles. The van der Waals surface area contributed by atoms with Crippen LogP contribution in [0.25, 0.3) is 21.3 Å². The van der Waals surface area contributed by atoms with Crippen molar-refractivity contribution in [2.24, 2.45) is 0 Å². The van der Waals surface area contributed by atoms with Crippen LogP contribution in [-0.4, -0.2) is 28.2 Å². The summed E-state index contributed by atoms with van der Waals surface area (Å²) in [5, 5.41) is 15.0. The summed E-state index contributed by atoms with van der Waals surface area (Å²) >= 11 is 8.85. The molecule has 0 saturated carbocycles. The fraction of sp³-hybridized carbons (Fsp3) is 0.0909. The molecule has 0 bridgehead atoms. The summed E-state index contributed by atoms with van der Waals surface area (Å²) in [7, 11) is 0. The van der Waals surface area contributed by atoms with E-state index in [4.69, 9.17) is 21.6 Å². The predicted octanol–water partition coefficient (Wildman–Crippen LogP) is 5.64. The third-order valence-corrected chi connectivity index (χ3v) is 6.36. The highest BCUT2D eigenvalue weighted by atomic mass is 35.5. The Morgan fingerprint density at radius 2 is 2.00 bits per heavy atom. The van der Waals surface area contributed by atoms with Gasteiger partial charge in [-0.2, -0.15) is 5.26 Å². The summed E-state index contributed by atoms with van der Waals surface area (Å²) in [5.41, 5.74) is 2.52. The first-order chi connectivity index (χ1) is 15.2. The Labute approximate surface area is 191 Å². The molecule has 31 heavy (non-hydrogen) atoms. The minimum atomic E-state index is -0.319. The molecule has 0 aliphatic heterocycles. The smallest absolute Gasteiger partial charge is 0.262 e. The summed E-state index contributed by atoms with van der Waals surface area (Å²) in [6, 6.07) is 16.9. The number of aromatic nitrogens is 2. The number of fused-ring (bicyclic) bond motifs is 1. The van der Waals surface area contributed by atoms with E-state index in [1.807, 2.05) is 47.8 Å². The number of nitrogens with one attached hydrogen (secondary N) is 1. The second-order valence-electron chi connectivity index (χ2n) is 6.30. The molecule has 0 spiro atoms. The van der Waals surface area contributed by atoms with Gasteiger partial charge in [0.2, 0.25) is 5.88 Å². The monoisotopic (exact) mass is 466 g/mol. The van der Waals surface area contributed by atoms with Crippen LogP contribution in [0.15, 0.2) is 65.1 Å². The number of para-hydroxylation sites is 1. The van der Waals surface area contributed by atoms with Gasteiger partial charge in [-0.05, 0) is 29.8 Å². The van der Waals surface area contributed by atoms with Crippen LogP contribution in [-0.2, 0) is 4.79 Å². The van der Waals surface area contributed by atoms with E-state index in [1.54, 1.807) is 6.07 Å². The number of halogens is 1. The average molecular weight is 467 g/mol. The van der Waals surface area contributed by atoms with E-state index in [0.717, 1.165) is 26.2 Å². The maximum atomic E-state index is 12.5. The summed E-state index contributed by atoms with van der Waals surface area (Å²) in [6.45, 7) is -0.209. The van der Waals surface area contributed by atoms with Gasteiger partial charge in [-0.15, -0.1) is 23.1 Å². The van der Waals surface area contributed by atoms with E-state index >= 15 is 0 Å². The number of anilines is 1. The maximum Gasteiger partial charge on any atom is 0.262 e. The molecule has 6 nitrogen and oxygen atoms in total. The second kappa shape index (κ2) is 9.79. The van der Waals surface area contributed by atoms with E-state index in [1.165, 1.54) is 29.4 Å². The molecule has 0 fully saturated rings. The lowest BCUT2D eigenvalue weighted by atomic mass is 10.1. The molecule has 1 N–H and O–H groups in total. The summed E-state index contributed by atoms with van der Waals surface area (Å²) in [5.74, 6) is 0.326. The Morgan fingerprint density at radius 1 is 1.19 bits per heavy atom. The van der Waals surface area contributed by atoms with Crippen molar-refractivity contribution < 1.29 is 9.53 Å². The van der Waals surface area contributed by atoms with E-state index in [9.17, 15) is 4.79 Å². The fourth-order valence-electron chi connectivity index (χ4n) is 2.93. The van der Waals surface area contributed by atoms with Crippen molar-refractivity contribution in [1.29, 1.82) is 5.26 Å². The summed E-state index contributed by atoms with van der Waals surface area (Å²) in [6.07, 6.45) is 1.42. The van der Waals surface area contributed by atoms with E-state index in [0.29, 0.717) is 22.3 Å². The number of nitrogens with zero attached hydrogens (tertiary/aromatic N) is 3. The van der Waals surface area contributed by atoms with Gasteiger partial charge in [0, 0.05) is 20.9 Å². The zero-order valence-corrected chi connectivity index (χ0v) is 18.4. The van der Waals surface area contributed by atoms with E-state index in [2.05, 4.69) is 21.4 Å². The fourth-order valence-corrected chi connectivity index (χ4v) is 4.63. The molecule has 4 rings (SSSR count). The Bertz CT molecular complexity index is 1270. The van der Waals surface area contributed by atoms with Crippen molar-refractivity contribution in [2.45, 2.75) is 4.90 Å². The van der Waals surface area contributed by atoms with Crippen molar-refractivity contribution in [3.8, 4) is 23.1 Å². The number of thioether (sulfide) groups is 1. The van der Waals surface area contributed by atoms with Gasteiger partial charge in [-0.1, -0.05) is 35.9 Å². The van der Waals surface area contributed by atoms with Crippen LogP contribution < -0.4 is 10.1 Å². The molecule has 0 unspecified atom stereocenters. The highest BCUT2D eigenvalue weighted by Gasteiger charge is 2.16. The Morgan fingerprint density at radius 3 is 2.81 bits per heavy atom. The van der Waals surface area contributed by atoms with Crippen LogP contribution in [0.1, 0.15) is 0 Å². The molecule has 0 radical (unpaired) electrons. The number of carbonyl (C=O) groups is 1. The van der Waals surface area contributed by atoms with Crippen molar-refractivity contribution in [1.82, 2.24) is 9.97 Å². The quantitative estimate of drug-likeness (QED) is 0.354. The largest absolute Gasteiger partial charge is 0.467 e. The topological polar surface area (TPSA) is 87.9 Å². The predicted molar refractivity (Wildman–Crippen MR) is 125 cm³/mol. The lowest BCUT2D eigenvalue weighted by Gasteiger charge is -2.11. The number of ether oxygens (including phenoxy) is 1. The number of nitriles is 1. The Kier molecular flexibility index (Phi) is 6.67. The molecule has 0 aliphatic carbocycles. The standard InChI is InChI=1S/C22H15ClN4O2S2/c23-15-7-5-14(6-8-15)16-12-31-22-20(16)21(25-13-26-22)29-11-19(28)27-17-3-1-2-4-18(17)30-10-9-24/h1-8,12-13H,10-11H2,(H,27,28). The highest BCUT2D eigenvalue weighted by molar-refractivity contribution is 7.99. The molecule has 0 saturated heterocycles. The molecule has 4 aromatic rings. The van der Waals surface area contributed by atoms with Crippen LogP contribution in [0, 0.1) is 11.3 Å². The summed E-state index contributed by atoms with van der Waals surface area (Å²) < 4.78 is 5.78. The molecule has 9 heteroatoms. The minimum absolute atomic E-state index is 0.209. The lowest BCUT2D eigenvalue weighted by molar-refractivity contribution is -0.118. The summed E-state index contributed by atoms with van der Waals surface area (Å²) in [4.78, 5) is 22.7. The number of thiophene rings is 1. The zero-order valence-electron chi connectivity index (χ0n) is 16.0. The zero-order chi connectivity index (χ0) is 21.6. The number of rotatable bonds is 7. The number of benzene rings is 2. The van der Waals surface area contributed by atoms with Crippen LogP contribution in [0.2, 0.25) is 5.02 Å². The van der Waals surface area contributed by atoms with E-state index in [-0.39, 0.29) is 12.5 Å². The lowest BCUT2D eigenvalue weighted by Crippen LogP contribution is -2.21. The molecule has 0 aliphatic rings. The van der Waals surface area contributed by atoms with Crippen LogP contribution >= 0.6 is 34.7 Å². The number of hydrogen-bond acceptors (Lipinski definition) is 7. The highest BCUT2D eigenvalue weighted by Crippen LogP contribution is 2.37. The van der Waals surface area contributed by atoms with Crippen LogP contribution in [0.5, 0.6) is 5.88 Å². The third kappa shape index (κ3) is 4.97. The van der Waals surface area contributed by atoms with Crippen molar-refractivity contribution in [3.63, 3.8) is 0 Å². The van der Waals surface area contributed by atoms with Crippen molar-refractivity contribution >= 4 is 56.5 Å². The Hall–Kier alpha value is -3.12. The molecule has 2 aromatic heterocycles. The number of amides is 1. The first-order valence-corrected chi connectivity index (χ1v) is 11.4. The maximum absolute atomic E-state index is 12.5. The molecule has 0 atom stereocenters. The van der Waals surface area contributed by atoms with E-state index < -0.39 is 0 Å². The second-order valence-corrected chi connectivity index (χ2v) is 8.61. The van der Waals surface area contributed by atoms with Gasteiger partial charge in [-0.25, -0.2) is 9.97 Å².